The van der Waals surface area contributed by atoms with Crippen molar-refractivity contribution in [1.29, 1.82) is 5.26 Å². The number of benzene rings is 1. The molecule has 0 bridgehead atoms. The summed E-state index contributed by atoms with van der Waals surface area (Å²) in [4.78, 5) is 0. The van der Waals surface area contributed by atoms with Crippen LogP contribution in [0.4, 0.5) is 5.69 Å². The summed E-state index contributed by atoms with van der Waals surface area (Å²) in [6, 6.07) is 11.1. The number of halogens is 1. The summed E-state index contributed by atoms with van der Waals surface area (Å²) in [6.45, 7) is 0. The smallest absolute Gasteiger partial charge is 0.0677 e. The maximum absolute atomic E-state index is 9.09. The SMILES string of the molecule is N#CC1CCCCC1Nc1ccc(I)cc1. The molecule has 1 fully saturated rings. The second-order valence-corrected chi connectivity index (χ2v) is 5.52. The Morgan fingerprint density at radius 3 is 2.56 bits per heavy atom. The summed E-state index contributed by atoms with van der Waals surface area (Å²) in [5.41, 5.74) is 1.13. The zero-order valence-corrected chi connectivity index (χ0v) is 11.3. The second kappa shape index (κ2) is 5.53. The molecule has 0 spiro atoms. The summed E-state index contributed by atoms with van der Waals surface area (Å²) in [5.74, 6) is 0.174. The third-order valence-corrected chi connectivity index (χ3v) is 3.85. The summed E-state index contributed by atoms with van der Waals surface area (Å²) in [6.07, 6.45) is 4.59. The average Bonchev–Trinajstić information content (AvgIpc) is 2.33. The standard InChI is InChI=1S/C13H15IN2/c14-11-5-7-12(8-6-11)16-13-4-2-1-3-10(13)9-15/h5-8,10,13,16H,1-4H2. The topological polar surface area (TPSA) is 35.8 Å². The molecule has 0 amide bonds. The van der Waals surface area contributed by atoms with E-state index in [1.54, 1.807) is 0 Å². The van der Waals surface area contributed by atoms with Crippen molar-refractivity contribution in [2.24, 2.45) is 5.92 Å². The fraction of sp³-hybridized carbons (Fsp3) is 0.462. The molecule has 2 nitrogen and oxygen atoms in total. The quantitative estimate of drug-likeness (QED) is 0.840. The highest BCUT2D eigenvalue weighted by molar-refractivity contribution is 14.1. The molecule has 1 aromatic carbocycles. The Morgan fingerprint density at radius 2 is 1.88 bits per heavy atom. The van der Waals surface area contributed by atoms with Crippen LogP contribution in [0.3, 0.4) is 0 Å². The number of nitrogens with one attached hydrogen (secondary N) is 1. The molecule has 0 aromatic heterocycles. The van der Waals surface area contributed by atoms with Crippen LogP contribution < -0.4 is 5.32 Å². The molecule has 2 unspecified atom stereocenters. The number of hydrogen-bond donors (Lipinski definition) is 1. The van der Waals surface area contributed by atoms with Gasteiger partial charge in [0.2, 0.25) is 0 Å². The van der Waals surface area contributed by atoms with Crippen LogP contribution >= 0.6 is 22.6 Å². The predicted octanol–water partition coefficient (Wildman–Crippen LogP) is 3.79. The van der Waals surface area contributed by atoms with Crippen molar-refractivity contribution in [1.82, 2.24) is 0 Å². The van der Waals surface area contributed by atoms with Crippen LogP contribution in [0.15, 0.2) is 24.3 Å². The molecule has 2 rings (SSSR count). The van der Waals surface area contributed by atoms with Crippen LogP contribution in [0.1, 0.15) is 25.7 Å². The summed E-state index contributed by atoms with van der Waals surface area (Å²) >= 11 is 2.30. The van der Waals surface area contributed by atoms with E-state index in [2.05, 4.69) is 58.2 Å². The maximum atomic E-state index is 9.09. The number of anilines is 1. The molecule has 0 aliphatic heterocycles. The zero-order valence-electron chi connectivity index (χ0n) is 9.12. The van der Waals surface area contributed by atoms with Crippen LogP contribution in [0.2, 0.25) is 0 Å². The van der Waals surface area contributed by atoms with Crippen LogP contribution in [0, 0.1) is 20.8 Å². The van der Waals surface area contributed by atoms with Crippen molar-refractivity contribution in [2.45, 2.75) is 31.7 Å². The van der Waals surface area contributed by atoms with Gasteiger partial charge in [-0.15, -0.1) is 0 Å². The van der Waals surface area contributed by atoms with E-state index in [0.29, 0.717) is 6.04 Å². The minimum Gasteiger partial charge on any atom is -0.381 e. The monoisotopic (exact) mass is 326 g/mol. The lowest BCUT2D eigenvalue weighted by molar-refractivity contribution is 0.389. The molecule has 3 heteroatoms. The highest BCUT2D eigenvalue weighted by atomic mass is 127. The highest BCUT2D eigenvalue weighted by Gasteiger charge is 2.24. The molecule has 1 aliphatic carbocycles. The minimum atomic E-state index is 0.174. The number of rotatable bonds is 2. The maximum Gasteiger partial charge on any atom is 0.0677 e. The van der Waals surface area contributed by atoms with E-state index < -0.39 is 0 Å². The first-order chi connectivity index (χ1) is 7.79. The number of hydrogen-bond acceptors (Lipinski definition) is 2. The van der Waals surface area contributed by atoms with Gasteiger partial charge in [-0.1, -0.05) is 12.8 Å². The molecule has 1 aliphatic rings. The first kappa shape index (κ1) is 11.7. The van der Waals surface area contributed by atoms with Gasteiger partial charge in [0, 0.05) is 15.3 Å². The molecule has 1 N–H and O–H groups in total. The largest absolute Gasteiger partial charge is 0.381 e. The van der Waals surface area contributed by atoms with E-state index in [9.17, 15) is 0 Å². The third kappa shape index (κ3) is 2.88. The normalized spacial score (nSPS) is 24.8. The van der Waals surface area contributed by atoms with Gasteiger partial charge in [0.25, 0.3) is 0 Å². The van der Waals surface area contributed by atoms with Gasteiger partial charge >= 0.3 is 0 Å². The van der Waals surface area contributed by atoms with Crippen molar-refractivity contribution < 1.29 is 0 Å². The van der Waals surface area contributed by atoms with Gasteiger partial charge in [-0.25, -0.2) is 0 Å². The van der Waals surface area contributed by atoms with Gasteiger partial charge in [0.15, 0.2) is 0 Å². The molecular weight excluding hydrogens is 311 g/mol. The van der Waals surface area contributed by atoms with Gasteiger partial charge in [-0.2, -0.15) is 5.26 Å². The van der Waals surface area contributed by atoms with Crippen molar-refractivity contribution in [2.75, 3.05) is 5.32 Å². The molecule has 0 saturated heterocycles. The molecule has 2 atom stereocenters. The van der Waals surface area contributed by atoms with Crippen molar-refractivity contribution in [3.63, 3.8) is 0 Å². The molecule has 1 saturated carbocycles. The number of nitrogens with zero attached hydrogens (tertiary/aromatic N) is 1. The minimum absolute atomic E-state index is 0.174. The van der Waals surface area contributed by atoms with Crippen LogP contribution in [-0.4, -0.2) is 6.04 Å². The Morgan fingerprint density at radius 1 is 1.19 bits per heavy atom. The highest BCUT2D eigenvalue weighted by Crippen LogP contribution is 2.26. The third-order valence-electron chi connectivity index (χ3n) is 3.13. The molecular formula is C13H15IN2. The number of nitriles is 1. The Bertz CT molecular complexity index is 380. The van der Waals surface area contributed by atoms with E-state index in [0.717, 1.165) is 18.5 Å². The van der Waals surface area contributed by atoms with Gasteiger partial charge < -0.3 is 5.32 Å². The molecule has 84 valence electrons. The second-order valence-electron chi connectivity index (χ2n) is 4.28. The van der Waals surface area contributed by atoms with E-state index in [1.165, 1.54) is 16.4 Å². The van der Waals surface area contributed by atoms with Crippen molar-refractivity contribution in [3.8, 4) is 6.07 Å². The molecule has 0 heterocycles. The Kier molecular flexibility index (Phi) is 4.05. The molecule has 1 aromatic rings. The Labute approximate surface area is 110 Å². The fourth-order valence-corrected chi connectivity index (χ4v) is 2.58. The first-order valence-corrected chi connectivity index (χ1v) is 6.79. The Balaban J connectivity index is 2.02. The van der Waals surface area contributed by atoms with Gasteiger partial charge in [0.1, 0.15) is 0 Å². The average molecular weight is 326 g/mol. The molecule has 16 heavy (non-hydrogen) atoms. The molecule has 0 radical (unpaired) electrons. The van der Waals surface area contributed by atoms with Gasteiger partial charge in [-0.05, 0) is 59.7 Å². The van der Waals surface area contributed by atoms with Crippen LogP contribution in [0.5, 0.6) is 0 Å². The van der Waals surface area contributed by atoms with Crippen molar-refractivity contribution in [3.05, 3.63) is 27.8 Å². The van der Waals surface area contributed by atoms with E-state index in [-0.39, 0.29) is 5.92 Å². The van der Waals surface area contributed by atoms with Crippen molar-refractivity contribution >= 4 is 28.3 Å². The van der Waals surface area contributed by atoms with Gasteiger partial charge in [-0.3, -0.25) is 0 Å². The fourth-order valence-electron chi connectivity index (χ4n) is 2.22. The van der Waals surface area contributed by atoms with E-state index in [4.69, 9.17) is 5.26 Å². The van der Waals surface area contributed by atoms with E-state index >= 15 is 0 Å². The first-order valence-electron chi connectivity index (χ1n) is 5.71. The van der Waals surface area contributed by atoms with Crippen LogP contribution in [-0.2, 0) is 0 Å². The van der Waals surface area contributed by atoms with E-state index in [1.807, 2.05) is 0 Å². The summed E-state index contributed by atoms with van der Waals surface area (Å²) in [5, 5.41) is 12.6. The summed E-state index contributed by atoms with van der Waals surface area (Å²) in [7, 11) is 0. The lowest BCUT2D eigenvalue weighted by Gasteiger charge is -2.28. The lowest BCUT2D eigenvalue weighted by atomic mass is 9.85. The van der Waals surface area contributed by atoms with Crippen LogP contribution in [0.25, 0.3) is 0 Å². The Hall–Kier alpha value is -0.760. The lowest BCUT2D eigenvalue weighted by Crippen LogP contribution is -2.31. The predicted molar refractivity (Wildman–Crippen MR) is 74.1 cm³/mol. The zero-order chi connectivity index (χ0) is 11.4. The summed E-state index contributed by atoms with van der Waals surface area (Å²) < 4.78 is 1.24. The van der Waals surface area contributed by atoms with Gasteiger partial charge in [0.05, 0.1) is 12.0 Å².